The van der Waals surface area contributed by atoms with Crippen molar-refractivity contribution in [3.63, 3.8) is 0 Å². The fraction of sp³-hybridized carbons (Fsp3) is 0. The lowest BCUT2D eigenvalue weighted by molar-refractivity contribution is 0.0987. The van der Waals surface area contributed by atoms with Crippen LogP contribution in [0, 0.1) is 0 Å². The molecule has 3 nitrogen and oxygen atoms in total. The zero-order valence-corrected chi connectivity index (χ0v) is 5.72. The number of amides is 1. The first kappa shape index (κ1) is 7.02. The highest BCUT2D eigenvalue weighted by Crippen LogP contribution is 2.05. The second-order valence-electron chi connectivity index (χ2n) is 1.69. The van der Waals surface area contributed by atoms with Crippen molar-refractivity contribution in [2.45, 2.75) is 0 Å². The van der Waals surface area contributed by atoms with Crippen LogP contribution in [0.15, 0.2) is 18.3 Å². The van der Waals surface area contributed by atoms with E-state index in [1.165, 1.54) is 18.3 Å². The van der Waals surface area contributed by atoms with Gasteiger partial charge in [0, 0.05) is 6.20 Å². The van der Waals surface area contributed by atoms with Crippen molar-refractivity contribution in [3.05, 3.63) is 29.0 Å². The molecule has 0 bridgehead atoms. The average molecular weight is 156 g/mol. The molecule has 0 spiro atoms. The van der Waals surface area contributed by atoms with Crippen LogP contribution in [-0.2, 0) is 0 Å². The predicted molar refractivity (Wildman–Crippen MR) is 36.7 cm³/mol. The van der Waals surface area contributed by atoms with Gasteiger partial charge in [-0.1, -0.05) is 11.6 Å². The number of carbonyl (C=O) groups is 1. The molecule has 0 aromatic carbocycles. The highest BCUT2D eigenvalue weighted by molar-refractivity contribution is 6.30. The zero-order valence-electron chi connectivity index (χ0n) is 4.97. The summed E-state index contributed by atoms with van der Waals surface area (Å²) in [4.78, 5) is 13.9. The molecule has 0 unspecified atom stereocenters. The predicted octanol–water partition coefficient (Wildman–Crippen LogP) is 1.16. The van der Waals surface area contributed by atoms with E-state index in [2.05, 4.69) is 4.98 Å². The molecule has 4 heteroatoms. The quantitative estimate of drug-likeness (QED) is 0.611. The van der Waals surface area contributed by atoms with Crippen molar-refractivity contribution in [1.82, 2.24) is 10.7 Å². The van der Waals surface area contributed by atoms with E-state index >= 15 is 0 Å². The number of rotatable bonds is 1. The van der Waals surface area contributed by atoms with E-state index in [4.69, 9.17) is 17.3 Å². The molecular formula is C6H4ClN2O. The standard InChI is InChI=1S/C6H4ClN2O/c7-4-1-2-5(6(8)10)9-3-4/h1-3,8H. The Morgan fingerprint density at radius 2 is 2.30 bits per heavy atom. The summed E-state index contributed by atoms with van der Waals surface area (Å²) in [6.07, 6.45) is 1.34. The summed E-state index contributed by atoms with van der Waals surface area (Å²) < 4.78 is 0. The van der Waals surface area contributed by atoms with Gasteiger partial charge in [-0.2, -0.15) is 0 Å². The van der Waals surface area contributed by atoms with Gasteiger partial charge < -0.3 is 0 Å². The van der Waals surface area contributed by atoms with Crippen LogP contribution < -0.4 is 5.73 Å². The van der Waals surface area contributed by atoms with E-state index in [1.807, 2.05) is 0 Å². The fourth-order valence-electron chi connectivity index (χ4n) is 0.510. The van der Waals surface area contributed by atoms with Crippen molar-refractivity contribution in [2.24, 2.45) is 0 Å². The molecule has 0 aliphatic heterocycles. The molecular weight excluding hydrogens is 152 g/mol. The minimum atomic E-state index is -0.795. The first-order chi connectivity index (χ1) is 4.70. The van der Waals surface area contributed by atoms with Gasteiger partial charge in [0.15, 0.2) is 0 Å². The lowest BCUT2D eigenvalue weighted by Crippen LogP contribution is -2.00. The van der Waals surface area contributed by atoms with Crippen LogP contribution in [0.3, 0.4) is 0 Å². The third-order valence-electron chi connectivity index (χ3n) is 0.960. The van der Waals surface area contributed by atoms with Crippen molar-refractivity contribution in [3.8, 4) is 0 Å². The minimum absolute atomic E-state index is 0.115. The first-order valence-electron chi connectivity index (χ1n) is 2.57. The van der Waals surface area contributed by atoms with E-state index in [1.54, 1.807) is 0 Å². The fourth-order valence-corrected chi connectivity index (χ4v) is 0.622. The second-order valence-corrected chi connectivity index (χ2v) is 2.13. The van der Waals surface area contributed by atoms with E-state index in [0.717, 1.165) is 0 Å². The molecule has 1 rings (SSSR count). The van der Waals surface area contributed by atoms with Gasteiger partial charge in [0.05, 0.1) is 5.02 Å². The van der Waals surface area contributed by atoms with Crippen LogP contribution in [-0.4, -0.2) is 10.9 Å². The summed E-state index contributed by atoms with van der Waals surface area (Å²) in [6.45, 7) is 0. The van der Waals surface area contributed by atoms with Crippen LogP contribution in [0.2, 0.25) is 5.02 Å². The van der Waals surface area contributed by atoms with Crippen molar-refractivity contribution in [2.75, 3.05) is 0 Å². The molecule has 1 radical (unpaired) electrons. The summed E-state index contributed by atoms with van der Waals surface area (Å²) in [5.74, 6) is -0.795. The molecule has 0 fully saturated rings. The van der Waals surface area contributed by atoms with Gasteiger partial charge in [-0.15, -0.1) is 0 Å². The Bertz CT molecular complexity index is 244. The Labute approximate surface area is 62.8 Å². The van der Waals surface area contributed by atoms with Gasteiger partial charge in [0.2, 0.25) is 0 Å². The molecule has 0 atom stereocenters. The highest BCUT2D eigenvalue weighted by atomic mass is 35.5. The van der Waals surface area contributed by atoms with Gasteiger partial charge in [-0.25, -0.2) is 4.98 Å². The molecule has 10 heavy (non-hydrogen) atoms. The Hall–Kier alpha value is -1.09. The van der Waals surface area contributed by atoms with Gasteiger partial charge in [-0.3, -0.25) is 10.5 Å². The number of aromatic nitrogens is 1. The Balaban J connectivity index is 3.00. The lowest BCUT2D eigenvalue weighted by atomic mass is 10.3. The molecule has 0 aliphatic carbocycles. The maximum absolute atomic E-state index is 10.3. The Morgan fingerprint density at radius 1 is 1.60 bits per heavy atom. The molecule has 0 saturated heterocycles. The lowest BCUT2D eigenvalue weighted by Gasteiger charge is -1.90. The van der Waals surface area contributed by atoms with E-state index < -0.39 is 5.91 Å². The SMILES string of the molecule is [NH]C(=O)c1ccc(Cl)cn1. The molecule has 51 valence electrons. The van der Waals surface area contributed by atoms with Gasteiger partial charge >= 0.3 is 0 Å². The average Bonchev–Trinajstić information content (AvgIpc) is 1.88. The number of halogens is 1. The van der Waals surface area contributed by atoms with E-state index in [0.29, 0.717) is 5.02 Å². The van der Waals surface area contributed by atoms with Crippen molar-refractivity contribution in [1.29, 1.82) is 0 Å². The number of hydrogen-bond donors (Lipinski definition) is 0. The van der Waals surface area contributed by atoms with Crippen LogP contribution in [0.5, 0.6) is 0 Å². The number of pyridine rings is 1. The maximum atomic E-state index is 10.3. The van der Waals surface area contributed by atoms with E-state index in [9.17, 15) is 4.79 Å². The van der Waals surface area contributed by atoms with Gasteiger partial charge in [-0.05, 0) is 12.1 Å². The normalized spacial score (nSPS) is 9.30. The summed E-state index contributed by atoms with van der Waals surface area (Å²) >= 11 is 5.48. The van der Waals surface area contributed by atoms with Gasteiger partial charge in [0.25, 0.3) is 5.91 Å². The Morgan fingerprint density at radius 3 is 2.70 bits per heavy atom. The molecule has 1 N–H and O–H groups in total. The van der Waals surface area contributed by atoms with Crippen molar-refractivity contribution >= 4 is 17.5 Å². The summed E-state index contributed by atoms with van der Waals surface area (Å²) in [5, 5.41) is 0.463. The van der Waals surface area contributed by atoms with Crippen LogP contribution in [0.1, 0.15) is 10.5 Å². The number of nitrogens with one attached hydrogen (secondary N) is 1. The summed E-state index contributed by atoms with van der Waals surface area (Å²) in [5.41, 5.74) is 6.76. The van der Waals surface area contributed by atoms with Crippen LogP contribution in [0.25, 0.3) is 0 Å². The van der Waals surface area contributed by atoms with Crippen molar-refractivity contribution < 1.29 is 4.79 Å². The Kier molecular flexibility index (Phi) is 1.87. The van der Waals surface area contributed by atoms with Crippen LogP contribution >= 0.6 is 11.6 Å². The highest BCUT2D eigenvalue weighted by Gasteiger charge is 1.99. The van der Waals surface area contributed by atoms with E-state index in [-0.39, 0.29) is 5.69 Å². The number of hydrogen-bond acceptors (Lipinski definition) is 2. The minimum Gasteiger partial charge on any atom is -0.266 e. The maximum Gasteiger partial charge on any atom is 0.288 e. The van der Waals surface area contributed by atoms with Crippen LogP contribution in [0.4, 0.5) is 0 Å². The zero-order chi connectivity index (χ0) is 7.56. The molecule has 0 saturated carbocycles. The largest absolute Gasteiger partial charge is 0.288 e. The molecule has 1 heterocycles. The molecule has 0 aliphatic rings. The number of carbonyl (C=O) groups excluding carboxylic acids is 1. The van der Waals surface area contributed by atoms with Gasteiger partial charge in [0.1, 0.15) is 5.69 Å². The topological polar surface area (TPSA) is 53.8 Å². The molecule has 1 aromatic heterocycles. The second kappa shape index (κ2) is 2.66. The third-order valence-corrected chi connectivity index (χ3v) is 1.18. The first-order valence-corrected chi connectivity index (χ1v) is 2.95. The molecule has 1 amide bonds. The summed E-state index contributed by atoms with van der Waals surface area (Å²) in [6, 6.07) is 2.94. The monoisotopic (exact) mass is 155 g/mol. The number of nitrogens with zero attached hydrogens (tertiary/aromatic N) is 1. The third kappa shape index (κ3) is 1.45. The molecule has 1 aromatic rings. The summed E-state index contributed by atoms with van der Waals surface area (Å²) in [7, 11) is 0. The smallest absolute Gasteiger partial charge is 0.266 e.